The van der Waals surface area contributed by atoms with E-state index in [2.05, 4.69) is 36.5 Å². The summed E-state index contributed by atoms with van der Waals surface area (Å²) in [4.78, 5) is 0. The van der Waals surface area contributed by atoms with Gasteiger partial charge in [-0.2, -0.15) is 0 Å². The predicted octanol–water partition coefficient (Wildman–Crippen LogP) is 2.40. The van der Waals surface area contributed by atoms with Crippen molar-refractivity contribution in [2.45, 2.75) is 5.79 Å². The normalized spacial score (nSPS) is 51.2. The molecule has 5 aliphatic carbocycles. The minimum absolute atomic E-state index is 0.399. The Hall–Kier alpha value is -0.860. The number of allylic oxidation sites excluding steroid dienone is 4. The minimum atomic E-state index is -0.399. The van der Waals surface area contributed by atoms with Gasteiger partial charge in [-0.25, -0.2) is 0 Å². The SMILES string of the molecule is COC1(OC)[C@@H]2C=C[C@H]1[C@H]1C3C=CC(C=C3)[C@H]12. The molecule has 5 aliphatic rings. The first-order valence-corrected chi connectivity index (χ1v) is 6.47. The lowest BCUT2D eigenvalue weighted by molar-refractivity contribution is -0.234. The van der Waals surface area contributed by atoms with E-state index in [0.29, 0.717) is 35.5 Å². The maximum absolute atomic E-state index is 5.81. The van der Waals surface area contributed by atoms with Gasteiger partial charge < -0.3 is 9.47 Å². The zero-order valence-electron chi connectivity index (χ0n) is 10.2. The van der Waals surface area contributed by atoms with Crippen LogP contribution in [0.5, 0.6) is 0 Å². The van der Waals surface area contributed by atoms with Crippen LogP contribution >= 0.6 is 0 Å². The molecular weight excluding hydrogens is 212 g/mol. The van der Waals surface area contributed by atoms with Crippen molar-refractivity contribution >= 4 is 0 Å². The highest BCUT2D eigenvalue weighted by Crippen LogP contribution is 2.64. The fraction of sp³-hybridized carbons (Fsp3) is 0.600. The Morgan fingerprint density at radius 1 is 0.706 bits per heavy atom. The number of fused-ring (bicyclic) bond motifs is 2. The Balaban J connectivity index is 1.83. The van der Waals surface area contributed by atoms with Crippen LogP contribution in [-0.2, 0) is 9.47 Å². The summed E-state index contributed by atoms with van der Waals surface area (Å²) in [5, 5.41) is 0. The molecule has 17 heavy (non-hydrogen) atoms. The van der Waals surface area contributed by atoms with Gasteiger partial charge >= 0.3 is 0 Å². The molecule has 0 amide bonds. The van der Waals surface area contributed by atoms with Gasteiger partial charge in [0.2, 0.25) is 0 Å². The summed E-state index contributed by atoms with van der Waals surface area (Å²) < 4.78 is 11.6. The smallest absolute Gasteiger partial charge is 0.180 e. The van der Waals surface area contributed by atoms with Crippen LogP contribution in [0.2, 0.25) is 0 Å². The number of hydrogen-bond acceptors (Lipinski definition) is 2. The van der Waals surface area contributed by atoms with E-state index in [-0.39, 0.29) is 0 Å². The maximum atomic E-state index is 5.81. The fourth-order valence-electron chi connectivity index (χ4n) is 4.78. The summed E-state index contributed by atoms with van der Waals surface area (Å²) >= 11 is 0. The highest BCUT2D eigenvalue weighted by Gasteiger charge is 2.66. The topological polar surface area (TPSA) is 18.5 Å². The van der Waals surface area contributed by atoms with Crippen LogP contribution in [0, 0.1) is 35.5 Å². The third-order valence-corrected chi connectivity index (χ3v) is 5.37. The lowest BCUT2D eigenvalue weighted by atomic mass is 9.62. The van der Waals surface area contributed by atoms with E-state index in [9.17, 15) is 0 Å². The molecule has 0 spiro atoms. The fourth-order valence-corrected chi connectivity index (χ4v) is 4.78. The first-order chi connectivity index (χ1) is 8.31. The summed E-state index contributed by atoms with van der Waals surface area (Å²) in [6.45, 7) is 0. The summed E-state index contributed by atoms with van der Waals surface area (Å²) in [5.74, 6) is 2.92. The van der Waals surface area contributed by atoms with Crippen molar-refractivity contribution in [2.75, 3.05) is 14.2 Å². The lowest BCUT2D eigenvalue weighted by Gasteiger charge is -2.41. The summed E-state index contributed by atoms with van der Waals surface area (Å²) in [6.07, 6.45) is 14.1. The molecule has 0 saturated heterocycles. The maximum Gasteiger partial charge on any atom is 0.180 e. The molecule has 0 heterocycles. The second-order valence-electron chi connectivity index (χ2n) is 5.65. The molecule has 4 atom stereocenters. The van der Waals surface area contributed by atoms with Crippen LogP contribution in [0.4, 0.5) is 0 Å². The molecule has 2 heteroatoms. The Kier molecular flexibility index (Phi) is 1.85. The first kappa shape index (κ1) is 10.1. The van der Waals surface area contributed by atoms with Crippen molar-refractivity contribution in [3.8, 4) is 0 Å². The Morgan fingerprint density at radius 3 is 1.47 bits per heavy atom. The van der Waals surface area contributed by atoms with Gasteiger partial charge in [0.15, 0.2) is 5.79 Å². The van der Waals surface area contributed by atoms with Crippen molar-refractivity contribution in [1.82, 2.24) is 0 Å². The van der Waals surface area contributed by atoms with E-state index in [1.54, 1.807) is 14.2 Å². The number of ether oxygens (including phenoxy) is 2. The molecule has 1 fully saturated rings. The average Bonchev–Trinajstić information content (AvgIpc) is 2.92. The molecule has 0 aromatic carbocycles. The van der Waals surface area contributed by atoms with Crippen LogP contribution in [0.15, 0.2) is 36.5 Å². The Bertz CT molecular complexity index is 382. The quantitative estimate of drug-likeness (QED) is 0.535. The second-order valence-corrected chi connectivity index (χ2v) is 5.65. The molecule has 0 aromatic heterocycles. The van der Waals surface area contributed by atoms with E-state index in [1.807, 2.05) is 0 Å². The van der Waals surface area contributed by atoms with Crippen LogP contribution in [0.25, 0.3) is 0 Å². The van der Waals surface area contributed by atoms with Crippen molar-refractivity contribution in [3.05, 3.63) is 36.5 Å². The molecule has 0 radical (unpaired) electrons. The number of methoxy groups -OCH3 is 2. The van der Waals surface area contributed by atoms with E-state index in [0.717, 1.165) is 0 Å². The zero-order chi connectivity index (χ0) is 11.6. The Labute approximate surface area is 102 Å². The molecule has 4 bridgehead atoms. The highest BCUT2D eigenvalue weighted by atomic mass is 16.7. The van der Waals surface area contributed by atoms with Gasteiger partial charge in [0.25, 0.3) is 0 Å². The lowest BCUT2D eigenvalue weighted by Crippen LogP contribution is -2.41. The van der Waals surface area contributed by atoms with E-state index >= 15 is 0 Å². The van der Waals surface area contributed by atoms with Crippen molar-refractivity contribution < 1.29 is 9.47 Å². The van der Waals surface area contributed by atoms with Gasteiger partial charge in [0.05, 0.1) is 0 Å². The van der Waals surface area contributed by atoms with E-state index in [4.69, 9.17) is 9.47 Å². The van der Waals surface area contributed by atoms with Gasteiger partial charge in [-0.3, -0.25) is 0 Å². The molecule has 1 saturated carbocycles. The van der Waals surface area contributed by atoms with E-state index < -0.39 is 5.79 Å². The van der Waals surface area contributed by atoms with E-state index in [1.165, 1.54) is 0 Å². The molecule has 0 aromatic rings. The number of rotatable bonds is 2. The van der Waals surface area contributed by atoms with Gasteiger partial charge in [0, 0.05) is 26.1 Å². The zero-order valence-corrected chi connectivity index (χ0v) is 10.2. The second kappa shape index (κ2) is 3.12. The molecule has 0 N–H and O–H groups in total. The van der Waals surface area contributed by atoms with Crippen molar-refractivity contribution in [2.24, 2.45) is 35.5 Å². The molecule has 0 aliphatic heterocycles. The van der Waals surface area contributed by atoms with Gasteiger partial charge in [-0.1, -0.05) is 36.5 Å². The van der Waals surface area contributed by atoms with Gasteiger partial charge in [-0.05, 0) is 23.7 Å². The van der Waals surface area contributed by atoms with Crippen molar-refractivity contribution in [1.29, 1.82) is 0 Å². The van der Waals surface area contributed by atoms with Crippen LogP contribution < -0.4 is 0 Å². The summed E-state index contributed by atoms with van der Waals surface area (Å²) in [6, 6.07) is 0. The molecule has 5 rings (SSSR count). The third kappa shape index (κ3) is 0.962. The Morgan fingerprint density at radius 2 is 1.12 bits per heavy atom. The standard InChI is InChI=1S/C15H18O2/c1-16-15(17-2)11-7-8-12(15)14-10-4-3-9(5-6-10)13(11)14/h3-14H,1-2H3/t9?,10?,11-,12+,13+,14-. The molecule has 90 valence electrons. The molecule has 2 nitrogen and oxygen atoms in total. The van der Waals surface area contributed by atoms with Gasteiger partial charge in [-0.15, -0.1) is 0 Å². The highest BCUT2D eigenvalue weighted by molar-refractivity contribution is 5.34. The van der Waals surface area contributed by atoms with Crippen LogP contribution in [-0.4, -0.2) is 20.0 Å². The van der Waals surface area contributed by atoms with Crippen LogP contribution in [0.1, 0.15) is 0 Å². The average molecular weight is 230 g/mol. The molecule has 0 unspecified atom stereocenters. The molecular formula is C15H18O2. The predicted molar refractivity (Wildman–Crippen MR) is 65.1 cm³/mol. The minimum Gasteiger partial charge on any atom is -0.352 e. The van der Waals surface area contributed by atoms with Crippen LogP contribution in [0.3, 0.4) is 0 Å². The summed E-state index contributed by atoms with van der Waals surface area (Å²) in [7, 11) is 3.58. The van der Waals surface area contributed by atoms with Gasteiger partial charge in [0.1, 0.15) is 0 Å². The number of hydrogen-bond donors (Lipinski definition) is 0. The third-order valence-electron chi connectivity index (χ3n) is 5.37. The summed E-state index contributed by atoms with van der Waals surface area (Å²) in [5.41, 5.74) is 0. The van der Waals surface area contributed by atoms with Crippen molar-refractivity contribution in [3.63, 3.8) is 0 Å². The monoisotopic (exact) mass is 230 g/mol. The first-order valence-electron chi connectivity index (χ1n) is 6.47. The largest absolute Gasteiger partial charge is 0.352 e.